The van der Waals surface area contributed by atoms with Gasteiger partial charge in [0.05, 0.1) is 12.0 Å². The molecule has 0 atom stereocenters. The van der Waals surface area contributed by atoms with Crippen LogP contribution >= 0.6 is 11.3 Å². The number of hydrogen-bond donors (Lipinski definition) is 1. The van der Waals surface area contributed by atoms with E-state index in [-0.39, 0.29) is 0 Å². The molecule has 2 aliphatic rings. The Morgan fingerprint density at radius 2 is 2.06 bits per heavy atom. The molecule has 0 amide bonds. The topological polar surface area (TPSA) is 21.3 Å². The van der Waals surface area contributed by atoms with Crippen molar-refractivity contribution in [2.45, 2.75) is 38.3 Å². The zero-order valence-corrected chi connectivity index (χ0v) is 10.6. The lowest BCUT2D eigenvalue weighted by molar-refractivity contribution is 0.394. The molecule has 1 aromatic rings. The van der Waals surface area contributed by atoms with E-state index in [1.807, 2.05) is 0 Å². The summed E-state index contributed by atoms with van der Waals surface area (Å²) < 4.78 is 5.34. The summed E-state index contributed by atoms with van der Waals surface area (Å²) in [5.74, 6) is 2.99. The van der Waals surface area contributed by atoms with Crippen LogP contribution in [0.4, 0.5) is 0 Å². The van der Waals surface area contributed by atoms with Crippen LogP contribution in [-0.2, 0) is 6.54 Å². The van der Waals surface area contributed by atoms with Crippen LogP contribution in [0, 0.1) is 11.8 Å². The van der Waals surface area contributed by atoms with Crippen LogP contribution in [0.3, 0.4) is 0 Å². The quantitative estimate of drug-likeness (QED) is 0.821. The zero-order chi connectivity index (χ0) is 11.0. The number of methoxy groups -OCH3 is 1. The summed E-state index contributed by atoms with van der Waals surface area (Å²) >= 11 is 1.79. The minimum Gasteiger partial charge on any atom is -0.496 e. The molecule has 16 heavy (non-hydrogen) atoms. The van der Waals surface area contributed by atoms with Crippen molar-refractivity contribution in [2.24, 2.45) is 11.8 Å². The molecule has 3 rings (SSSR count). The zero-order valence-electron chi connectivity index (χ0n) is 9.74. The Hall–Kier alpha value is -0.540. The lowest BCUT2D eigenvalue weighted by Crippen LogP contribution is -2.32. The maximum atomic E-state index is 5.34. The standard InChI is InChI=1S/C13H19NOS/c1-15-11-6-7-16-12(11)8-14-13(9-2-3-9)10-4-5-10/h6-7,9-10,13-14H,2-5,8H2,1H3. The molecule has 0 radical (unpaired) electrons. The summed E-state index contributed by atoms with van der Waals surface area (Å²) in [4.78, 5) is 1.34. The number of ether oxygens (including phenoxy) is 1. The molecule has 0 spiro atoms. The lowest BCUT2D eigenvalue weighted by atomic mass is 10.1. The van der Waals surface area contributed by atoms with Gasteiger partial charge in [0.15, 0.2) is 0 Å². The van der Waals surface area contributed by atoms with E-state index in [0.717, 1.165) is 30.2 Å². The first kappa shape index (κ1) is 10.6. The average Bonchev–Trinajstić information content (AvgIpc) is 3.19. The van der Waals surface area contributed by atoms with E-state index in [1.54, 1.807) is 18.4 Å². The molecule has 3 heteroatoms. The van der Waals surface area contributed by atoms with Gasteiger partial charge in [-0.1, -0.05) is 0 Å². The fourth-order valence-electron chi connectivity index (χ4n) is 2.48. The van der Waals surface area contributed by atoms with Crippen LogP contribution in [0.25, 0.3) is 0 Å². The Morgan fingerprint density at radius 3 is 2.62 bits per heavy atom. The summed E-state index contributed by atoms with van der Waals surface area (Å²) in [5, 5.41) is 5.86. The van der Waals surface area contributed by atoms with Crippen molar-refractivity contribution in [2.75, 3.05) is 7.11 Å². The van der Waals surface area contributed by atoms with E-state index in [1.165, 1.54) is 30.6 Å². The SMILES string of the molecule is COc1ccsc1CNC(C1CC1)C1CC1. The van der Waals surface area contributed by atoms with Crippen molar-refractivity contribution in [3.8, 4) is 5.75 Å². The first-order valence-corrected chi connectivity index (χ1v) is 7.10. The highest BCUT2D eigenvalue weighted by Crippen LogP contribution is 2.44. The first-order valence-electron chi connectivity index (χ1n) is 6.22. The van der Waals surface area contributed by atoms with Gasteiger partial charge in [-0.25, -0.2) is 0 Å². The van der Waals surface area contributed by atoms with E-state index >= 15 is 0 Å². The number of nitrogens with one attached hydrogen (secondary N) is 1. The normalized spacial score (nSPS) is 20.4. The Bertz CT molecular complexity index is 343. The van der Waals surface area contributed by atoms with Crippen LogP contribution < -0.4 is 10.1 Å². The van der Waals surface area contributed by atoms with Gasteiger partial charge in [0, 0.05) is 12.6 Å². The van der Waals surface area contributed by atoms with E-state index in [9.17, 15) is 0 Å². The molecule has 0 saturated heterocycles. The highest BCUT2D eigenvalue weighted by atomic mass is 32.1. The van der Waals surface area contributed by atoms with Gasteiger partial charge in [0.1, 0.15) is 5.75 Å². The average molecular weight is 237 g/mol. The molecule has 2 aliphatic carbocycles. The van der Waals surface area contributed by atoms with E-state index in [4.69, 9.17) is 4.74 Å². The predicted octanol–water partition coefficient (Wildman–Crippen LogP) is 3.03. The fraction of sp³-hybridized carbons (Fsp3) is 0.692. The Morgan fingerprint density at radius 1 is 1.38 bits per heavy atom. The third kappa shape index (κ3) is 2.25. The second kappa shape index (κ2) is 4.38. The molecule has 2 nitrogen and oxygen atoms in total. The monoisotopic (exact) mass is 237 g/mol. The largest absolute Gasteiger partial charge is 0.496 e. The van der Waals surface area contributed by atoms with Gasteiger partial charge in [0.2, 0.25) is 0 Å². The molecule has 1 heterocycles. The Kier molecular flexibility index (Phi) is 2.90. The third-order valence-corrected chi connectivity index (χ3v) is 4.58. The van der Waals surface area contributed by atoms with Crippen molar-refractivity contribution in [1.82, 2.24) is 5.32 Å². The molecule has 0 bridgehead atoms. The van der Waals surface area contributed by atoms with E-state index in [2.05, 4.69) is 16.8 Å². The van der Waals surface area contributed by atoms with Gasteiger partial charge in [-0.05, 0) is 49.0 Å². The minimum atomic E-state index is 0.784. The number of rotatable bonds is 6. The second-order valence-electron chi connectivity index (χ2n) is 4.99. The number of hydrogen-bond acceptors (Lipinski definition) is 3. The van der Waals surface area contributed by atoms with Crippen molar-refractivity contribution in [3.05, 3.63) is 16.3 Å². The third-order valence-electron chi connectivity index (χ3n) is 3.68. The van der Waals surface area contributed by atoms with Gasteiger partial charge in [-0.15, -0.1) is 11.3 Å². The van der Waals surface area contributed by atoms with Crippen LogP contribution in [0.15, 0.2) is 11.4 Å². The van der Waals surface area contributed by atoms with E-state index < -0.39 is 0 Å². The van der Waals surface area contributed by atoms with Crippen molar-refractivity contribution < 1.29 is 4.74 Å². The summed E-state index contributed by atoms with van der Waals surface area (Å²) in [6, 6.07) is 2.84. The predicted molar refractivity (Wildman–Crippen MR) is 66.9 cm³/mol. The molecule has 0 aromatic carbocycles. The molecule has 1 N–H and O–H groups in total. The Labute approximate surface area is 101 Å². The van der Waals surface area contributed by atoms with E-state index in [0.29, 0.717) is 0 Å². The van der Waals surface area contributed by atoms with Crippen LogP contribution in [0.5, 0.6) is 5.75 Å². The molecular weight excluding hydrogens is 218 g/mol. The molecule has 0 aliphatic heterocycles. The smallest absolute Gasteiger partial charge is 0.134 e. The summed E-state index contributed by atoms with van der Waals surface area (Å²) in [7, 11) is 1.75. The van der Waals surface area contributed by atoms with Crippen LogP contribution in [0.1, 0.15) is 30.6 Å². The summed E-state index contributed by atoms with van der Waals surface area (Å²) in [6.07, 6.45) is 5.76. The van der Waals surface area contributed by atoms with Gasteiger partial charge in [0.25, 0.3) is 0 Å². The van der Waals surface area contributed by atoms with Gasteiger partial charge >= 0.3 is 0 Å². The first-order chi connectivity index (χ1) is 7.88. The molecule has 0 unspecified atom stereocenters. The molecule has 2 fully saturated rings. The van der Waals surface area contributed by atoms with Crippen molar-refractivity contribution >= 4 is 11.3 Å². The highest BCUT2D eigenvalue weighted by Gasteiger charge is 2.41. The summed E-state index contributed by atoms with van der Waals surface area (Å²) in [6.45, 7) is 0.985. The lowest BCUT2D eigenvalue weighted by Gasteiger charge is -2.17. The highest BCUT2D eigenvalue weighted by molar-refractivity contribution is 7.10. The van der Waals surface area contributed by atoms with Gasteiger partial charge < -0.3 is 10.1 Å². The number of thiophene rings is 1. The molecule has 88 valence electrons. The molecular formula is C13H19NOS. The molecule has 1 aromatic heterocycles. The minimum absolute atomic E-state index is 0.784. The van der Waals surface area contributed by atoms with Crippen molar-refractivity contribution in [1.29, 1.82) is 0 Å². The summed E-state index contributed by atoms with van der Waals surface area (Å²) in [5.41, 5.74) is 0. The van der Waals surface area contributed by atoms with Gasteiger partial charge in [-0.2, -0.15) is 0 Å². The fourth-order valence-corrected chi connectivity index (χ4v) is 3.27. The maximum Gasteiger partial charge on any atom is 0.134 e. The van der Waals surface area contributed by atoms with Crippen LogP contribution in [-0.4, -0.2) is 13.2 Å². The van der Waals surface area contributed by atoms with Gasteiger partial charge in [-0.3, -0.25) is 0 Å². The second-order valence-corrected chi connectivity index (χ2v) is 5.99. The maximum absolute atomic E-state index is 5.34. The molecule has 2 saturated carbocycles. The Balaban J connectivity index is 1.58. The van der Waals surface area contributed by atoms with Crippen LogP contribution in [0.2, 0.25) is 0 Å². The van der Waals surface area contributed by atoms with Crippen molar-refractivity contribution in [3.63, 3.8) is 0 Å².